The summed E-state index contributed by atoms with van der Waals surface area (Å²) in [6, 6.07) is 13.5. The van der Waals surface area contributed by atoms with E-state index in [1.165, 1.54) is 0 Å². The quantitative estimate of drug-likeness (QED) is 0.353. The number of nitrogens with one attached hydrogen (secondary N) is 1. The van der Waals surface area contributed by atoms with Crippen LogP contribution in [0.25, 0.3) is 0 Å². The molecule has 0 aliphatic heterocycles. The number of methoxy groups -OCH3 is 2. The first-order valence-electron chi connectivity index (χ1n) is 7.02. The minimum atomic E-state index is -0.392. The number of carbonyl (C=O) groups is 1. The lowest BCUT2D eigenvalue weighted by molar-refractivity contribution is 0.106. The summed E-state index contributed by atoms with van der Waals surface area (Å²) < 4.78 is 10.1. The molecular weight excluding hydrogens is 310 g/mol. The minimum absolute atomic E-state index is 0.0431. The van der Waals surface area contributed by atoms with Crippen molar-refractivity contribution < 1.29 is 19.5 Å². The molecule has 0 radical (unpaired) electrons. The van der Waals surface area contributed by atoms with Gasteiger partial charge in [0.25, 0.3) is 0 Å². The van der Waals surface area contributed by atoms with Crippen molar-refractivity contribution in [2.24, 2.45) is 10.3 Å². The van der Waals surface area contributed by atoms with Crippen LogP contribution in [-0.4, -0.2) is 37.1 Å². The number of benzene rings is 2. The normalized spacial score (nSPS) is 11.3. The molecule has 0 atom stereocenters. The fraction of sp³-hybridized carbons (Fsp3) is 0.118. The van der Waals surface area contributed by atoms with E-state index in [-0.39, 0.29) is 5.71 Å². The smallest absolute Gasteiger partial charge is 0.214 e. The number of ether oxygens (including phenoxy) is 2. The Balaban J connectivity index is 2.18. The first kappa shape index (κ1) is 17.0. The molecule has 7 nitrogen and oxygen atoms in total. The Hall–Kier alpha value is -3.35. The second-order valence-electron chi connectivity index (χ2n) is 4.64. The second kappa shape index (κ2) is 8.33. The number of hydrogen-bond donors (Lipinski definition) is 2. The van der Waals surface area contributed by atoms with E-state index in [1.54, 1.807) is 62.8 Å². The molecule has 0 amide bonds. The van der Waals surface area contributed by atoms with Gasteiger partial charge in [0.15, 0.2) is 5.71 Å². The lowest BCUT2D eigenvalue weighted by Gasteiger charge is -2.05. The topological polar surface area (TPSA) is 92.5 Å². The van der Waals surface area contributed by atoms with Crippen LogP contribution in [-0.2, 0) is 0 Å². The molecule has 0 aliphatic carbocycles. The molecule has 2 N–H and O–H groups in total. The van der Waals surface area contributed by atoms with Crippen molar-refractivity contribution in [3.05, 3.63) is 54.1 Å². The molecule has 0 bridgehead atoms. The Kier molecular flexibility index (Phi) is 5.90. The van der Waals surface area contributed by atoms with Crippen LogP contribution in [0.1, 0.15) is 10.4 Å². The zero-order valence-corrected chi connectivity index (χ0v) is 13.3. The van der Waals surface area contributed by atoms with Gasteiger partial charge >= 0.3 is 0 Å². The molecule has 0 unspecified atom stereocenters. The molecule has 0 spiro atoms. The Morgan fingerprint density at radius 3 is 2.04 bits per heavy atom. The van der Waals surface area contributed by atoms with Gasteiger partial charge in [0.05, 0.1) is 26.1 Å². The van der Waals surface area contributed by atoms with Crippen LogP contribution in [0.4, 0.5) is 5.69 Å². The van der Waals surface area contributed by atoms with Crippen molar-refractivity contribution in [2.45, 2.75) is 0 Å². The van der Waals surface area contributed by atoms with Gasteiger partial charge in [-0.25, -0.2) is 0 Å². The van der Waals surface area contributed by atoms with Crippen LogP contribution >= 0.6 is 0 Å². The van der Waals surface area contributed by atoms with Gasteiger partial charge in [-0.2, -0.15) is 5.10 Å². The van der Waals surface area contributed by atoms with E-state index in [1.807, 2.05) is 0 Å². The maximum Gasteiger partial charge on any atom is 0.214 e. The molecule has 2 aromatic carbocycles. The molecule has 7 heteroatoms. The number of rotatable bonds is 7. The van der Waals surface area contributed by atoms with E-state index in [2.05, 4.69) is 15.7 Å². The largest absolute Gasteiger partial charge is 0.497 e. The highest BCUT2D eigenvalue weighted by Gasteiger charge is 2.13. The van der Waals surface area contributed by atoms with E-state index < -0.39 is 5.78 Å². The van der Waals surface area contributed by atoms with E-state index in [0.29, 0.717) is 22.7 Å². The van der Waals surface area contributed by atoms with Gasteiger partial charge < -0.3 is 14.7 Å². The van der Waals surface area contributed by atoms with Gasteiger partial charge in [0.1, 0.15) is 11.5 Å². The Morgan fingerprint density at radius 1 is 1.00 bits per heavy atom. The maximum atomic E-state index is 12.4. The van der Waals surface area contributed by atoms with Crippen molar-refractivity contribution in [1.82, 2.24) is 0 Å². The van der Waals surface area contributed by atoms with E-state index in [0.717, 1.165) is 6.21 Å². The standard InChI is InChI=1S/C17H17N3O4/c1-23-14-7-3-12(4-8-14)17(21)16(11-18-22)20-19-13-5-9-15(24-2)10-6-13/h3-11,19,22H,1-2H3/b18-11+,20-16+. The average Bonchev–Trinajstić information content (AvgIpc) is 2.65. The summed E-state index contributed by atoms with van der Waals surface area (Å²) in [5.41, 5.74) is 3.74. The summed E-state index contributed by atoms with van der Waals surface area (Å²) in [6.07, 6.45) is 0.975. The summed E-state index contributed by atoms with van der Waals surface area (Å²) in [5.74, 6) is 0.949. The number of hydrogen-bond acceptors (Lipinski definition) is 7. The summed E-state index contributed by atoms with van der Waals surface area (Å²) >= 11 is 0. The lowest BCUT2D eigenvalue weighted by Crippen LogP contribution is -2.17. The van der Waals surface area contributed by atoms with Crippen LogP contribution in [0, 0.1) is 0 Å². The van der Waals surface area contributed by atoms with Crippen molar-refractivity contribution in [3.8, 4) is 11.5 Å². The fourth-order valence-corrected chi connectivity index (χ4v) is 1.87. The van der Waals surface area contributed by atoms with Crippen molar-refractivity contribution >= 4 is 23.4 Å². The number of Topliss-reactive ketones (excluding diaryl/α,β-unsaturated/α-hetero) is 1. The zero-order chi connectivity index (χ0) is 17.4. The summed E-state index contributed by atoms with van der Waals surface area (Å²) in [5, 5.41) is 15.6. The zero-order valence-electron chi connectivity index (χ0n) is 13.3. The molecule has 0 aliphatic rings. The predicted octanol–water partition coefficient (Wildman–Crippen LogP) is 2.81. The molecule has 0 aromatic heterocycles. The van der Waals surface area contributed by atoms with Gasteiger partial charge in [-0.15, -0.1) is 0 Å². The highest BCUT2D eigenvalue weighted by Crippen LogP contribution is 2.15. The Labute approximate surface area is 139 Å². The summed E-state index contributed by atoms with van der Waals surface area (Å²) in [4.78, 5) is 12.4. The van der Waals surface area contributed by atoms with Crippen LogP contribution in [0.15, 0.2) is 58.8 Å². The van der Waals surface area contributed by atoms with Gasteiger partial charge in [-0.3, -0.25) is 10.2 Å². The predicted molar refractivity (Wildman–Crippen MR) is 91.7 cm³/mol. The molecule has 2 rings (SSSR count). The lowest BCUT2D eigenvalue weighted by atomic mass is 10.1. The summed E-state index contributed by atoms with van der Waals surface area (Å²) in [7, 11) is 3.12. The third-order valence-corrected chi connectivity index (χ3v) is 3.16. The van der Waals surface area contributed by atoms with E-state index in [9.17, 15) is 4.79 Å². The Bertz CT molecular complexity index is 737. The summed E-state index contributed by atoms with van der Waals surface area (Å²) in [6.45, 7) is 0. The molecule has 0 saturated heterocycles. The van der Waals surface area contributed by atoms with Crippen LogP contribution in [0.2, 0.25) is 0 Å². The van der Waals surface area contributed by atoms with Crippen LogP contribution in [0.5, 0.6) is 11.5 Å². The third kappa shape index (κ3) is 4.33. The van der Waals surface area contributed by atoms with Gasteiger partial charge in [-0.1, -0.05) is 5.16 Å². The first-order valence-corrected chi connectivity index (χ1v) is 7.02. The number of carbonyl (C=O) groups excluding carboxylic acids is 1. The Morgan fingerprint density at radius 2 is 1.54 bits per heavy atom. The molecule has 0 saturated carbocycles. The van der Waals surface area contributed by atoms with Gasteiger partial charge in [-0.05, 0) is 48.5 Å². The molecular formula is C17H17N3O4. The van der Waals surface area contributed by atoms with Crippen LogP contribution in [0.3, 0.4) is 0 Å². The highest BCUT2D eigenvalue weighted by molar-refractivity contribution is 6.64. The number of oxime groups is 1. The number of nitrogens with zero attached hydrogens (tertiary/aromatic N) is 2. The van der Waals surface area contributed by atoms with Crippen LogP contribution < -0.4 is 14.9 Å². The van der Waals surface area contributed by atoms with E-state index >= 15 is 0 Å². The third-order valence-electron chi connectivity index (χ3n) is 3.16. The number of ketones is 1. The van der Waals surface area contributed by atoms with Crippen molar-refractivity contribution in [3.63, 3.8) is 0 Å². The SMILES string of the molecule is COc1ccc(N/N=C(\C=N\O)C(=O)c2ccc(OC)cc2)cc1. The molecule has 0 heterocycles. The van der Waals surface area contributed by atoms with Gasteiger partial charge in [0, 0.05) is 5.56 Å². The fourth-order valence-electron chi connectivity index (χ4n) is 1.87. The maximum absolute atomic E-state index is 12.4. The van der Waals surface area contributed by atoms with Crippen molar-refractivity contribution in [2.75, 3.05) is 19.6 Å². The molecule has 0 fully saturated rings. The van der Waals surface area contributed by atoms with Gasteiger partial charge in [0.2, 0.25) is 5.78 Å². The molecule has 2 aromatic rings. The molecule has 24 heavy (non-hydrogen) atoms. The van der Waals surface area contributed by atoms with Crippen molar-refractivity contribution in [1.29, 1.82) is 0 Å². The number of hydrazone groups is 1. The molecule has 124 valence electrons. The highest BCUT2D eigenvalue weighted by atomic mass is 16.5. The minimum Gasteiger partial charge on any atom is -0.497 e. The first-order chi connectivity index (χ1) is 11.7. The monoisotopic (exact) mass is 327 g/mol. The average molecular weight is 327 g/mol. The van der Waals surface area contributed by atoms with E-state index in [4.69, 9.17) is 14.7 Å². The number of anilines is 1. The second-order valence-corrected chi connectivity index (χ2v) is 4.64.